The fourth-order valence-electron chi connectivity index (χ4n) is 3.57. The lowest BCUT2D eigenvalue weighted by atomic mass is 9.93. The Kier molecular flexibility index (Phi) is 4.21. The summed E-state index contributed by atoms with van der Waals surface area (Å²) in [4.78, 5) is 26.3. The van der Waals surface area contributed by atoms with Crippen molar-refractivity contribution in [1.82, 2.24) is 4.90 Å². The Morgan fingerprint density at radius 2 is 2.08 bits per heavy atom. The molecule has 2 amide bonds. The Bertz CT molecular complexity index is 904. The van der Waals surface area contributed by atoms with Gasteiger partial charge in [-0.25, -0.2) is 0 Å². The number of amides is 2. The van der Waals surface area contributed by atoms with Gasteiger partial charge >= 0.3 is 0 Å². The van der Waals surface area contributed by atoms with Gasteiger partial charge in [0.25, 0.3) is 0 Å². The summed E-state index contributed by atoms with van der Waals surface area (Å²) in [5.41, 5.74) is 3.90. The molecule has 5 heteroatoms. The smallest absolute Gasteiger partial charge is 0.226 e. The van der Waals surface area contributed by atoms with Crippen LogP contribution in [0.5, 0.6) is 5.75 Å². The molecule has 1 N–H and O–H groups in total. The van der Waals surface area contributed by atoms with Gasteiger partial charge in [-0.05, 0) is 41.0 Å². The second kappa shape index (κ2) is 6.67. The zero-order valence-corrected chi connectivity index (χ0v) is 14.6. The lowest BCUT2D eigenvalue weighted by Gasteiger charge is -2.32. The molecule has 4 rings (SSSR count). The summed E-state index contributed by atoms with van der Waals surface area (Å²) in [6.07, 6.45) is 4.73. The number of rotatable bonds is 3. The summed E-state index contributed by atoms with van der Waals surface area (Å²) in [5, 5.41) is 2.95. The van der Waals surface area contributed by atoms with E-state index in [2.05, 4.69) is 5.32 Å². The molecule has 0 spiro atoms. The van der Waals surface area contributed by atoms with Gasteiger partial charge in [0.05, 0.1) is 19.1 Å². The molecule has 2 aliphatic rings. The van der Waals surface area contributed by atoms with Crippen molar-refractivity contribution in [2.45, 2.75) is 25.8 Å². The van der Waals surface area contributed by atoms with Gasteiger partial charge in [-0.1, -0.05) is 24.3 Å². The molecule has 0 aliphatic carbocycles. The van der Waals surface area contributed by atoms with Crippen LogP contribution >= 0.6 is 0 Å². The third-order valence-electron chi connectivity index (χ3n) is 4.82. The van der Waals surface area contributed by atoms with Crippen LogP contribution in [0.2, 0.25) is 0 Å². The topological polar surface area (TPSA) is 58.6 Å². The first-order chi connectivity index (χ1) is 12.6. The number of hydrogen-bond acceptors (Lipinski definition) is 3. The van der Waals surface area contributed by atoms with Crippen LogP contribution in [0, 0.1) is 0 Å². The van der Waals surface area contributed by atoms with E-state index in [0.717, 1.165) is 34.5 Å². The van der Waals surface area contributed by atoms with E-state index >= 15 is 0 Å². The van der Waals surface area contributed by atoms with Crippen LogP contribution in [-0.2, 0) is 16.0 Å². The minimum atomic E-state index is -0.300. The second-order valence-electron chi connectivity index (χ2n) is 6.56. The van der Waals surface area contributed by atoms with Gasteiger partial charge in [0, 0.05) is 25.2 Å². The predicted octanol–water partition coefficient (Wildman–Crippen LogP) is 3.52. The lowest BCUT2D eigenvalue weighted by Crippen LogP contribution is -2.33. The summed E-state index contributed by atoms with van der Waals surface area (Å²) >= 11 is 0. The fourth-order valence-corrected chi connectivity index (χ4v) is 3.57. The first-order valence-corrected chi connectivity index (χ1v) is 8.73. The highest BCUT2D eigenvalue weighted by atomic mass is 16.5. The monoisotopic (exact) mass is 348 g/mol. The number of carbonyl (C=O) groups excluding carboxylic acids is 2. The Morgan fingerprint density at radius 1 is 1.23 bits per heavy atom. The molecule has 0 bridgehead atoms. The number of ether oxygens (including phenoxy) is 1. The van der Waals surface area contributed by atoms with Crippen LogP contribution in [-0.4, -0.2) is 23.3 Å². The Balaban J connectivity index is 1.53. The van der Waals surface area contributed by atoms with E-state index in [1.807, 2.05) is 48.5 Å². The van der Waals surface area contributed by atoms with E-state index in [4.69, 9.17) is 4.74 Å². The second-order valence-corrected chi connectivity index (χ2v) is 6.56. The minimum absolute atomic E-state index is 0.0803. The van der Waals surface area contributed by atoms with Crippen molar-refractivity contribution < 1.29 is 14.3 Å². The number of carbonyl (C=O) groups is 2. The number of anilines is 1. The highest BCUT2D eigenvalue weighted by Crippen LogP contribution is 2.33. The maximum atomic E-state index is 12.7. The van der Waals surface area contributed by atoms with Crippen molar-refractivity contribution >= 4 is 23.6 Å². The van der Waals surface area contributed by atoms with Crippen LogP contribution in [0.4, 0.5) is 5.69 Å². The molecule has 2 aromatic rings. The maximum absolute atomic E-state index is 12.7. The van der Waals surface area contributed by atoms with Gasteiger partial charge in [0.15, 0.2) is 0 Å². The van der Waals surface area contributed by atoms with Gasteiger partial charge in [-0.15, -0.1) is 0 Å². The van der Waals surface area contributed by atoms with Crippen LogP contribution in [0.25, 0.3) is 6.08 Å². The van der Waals surface area contributed by atoms with E-state index in [9.17, 15) is 9.59 Å². The van der Waals surface area contributed by atoms with Crippen LogP contribution < -0.4 is 10.1 Å². The number of nitrogens with one attached hydrogen (secondary N) is 1. The Morgan fingerprint density at radius 3 is 2.92 bits per heavy atom. The van der Waals surface area contributed by atoms with Crippen LogP contribution in [0.15, 0.2) is 48.7 Å². The zero-order valence-electron chi connectivity index (χ0n) is 14.6. The average Bonchev–Trinajstić information content (AvgIpc) is 3.09. The maximum Gasteiger partial charge on any atom is 0.226 e. The molecule has 1 atom stereocenters. The standard InChI is InChI=1S/C21H20N2O3/c1-14(24)23-10-8-15-4-2-3-5-18(15)19(23)13-21(25)22-17-6-7-20-16(12-17)9-11-26-20/h2-8,10,12,19H,9,11,13H2,1H3,(H,22,25). The van der Waals surface area contributed by atoms with Crippen molar-refractivity contribution in [1.29, 1.82) is 0 Å². The summed E-state index contributed by atoms with van der Waals surface area (Å²) in [6, 6.07) is 13.2. The molecule has 0 saturated carbocycles. The van der Waals surface area contributed by atoms with E-state index in [1.165, 1.54) is 6.92 Å². The van der Waals surface area contributed by atoms with Crippen molar-refractivity contribution in [2.75, 3.05) is 11.9 Å². The van der Waals surface area contributed by atoms with E-state index in [1.54, 1.807) is 11.1 Å². The number of hydrogen-bond donors (Lipinski definition) is 1. The quantitative estimate of drug-likeness (QED) is 0.923. The van der Waals surface area contributed by atoms with Crippen molar-refractivity contribution in [3.63, 3.8) is 0 Å². The Hall–Kier alpha value is -3.08. The molecular weight excluding hydrogens is 328 g/mol. The van der Waals surface area contributed by atoms with E-state index in [0.29, 0.717) is 6.61 Å². The fraction of sp³-hybridized carbons (Fsp3) is 0.238. The third kappa shape index (κ3) is 3.08. The Labute approximate surface area is 152 Å². The molecule has 5 nitrogen and oxygen atoms in total. The van der Waals surface area contributed by atoms with Crippen molar-refractivity contribution in [3.8, 4) is 5.75 Å². The van der Waals surface area contributed by atoms with Crippen LogP contribution in [0.3, 0.4) is 0 Å². The highest BCUT2D eigenvalue weighted by molar-refractivity contribution is 5.92. The van der Waals surface area contributed by atoms with Crippen molar-refractivity contribution in [2.24, 2.45) is 0 Å². The highest BCUT2D eigenvalue weighted by Gasteiger charge is 2.28. The molecule has 0 aromatic heterocycles. The van der Waals surface area contributed by atoms with Crippen molar-refractivity contribution in [3.05, 3.63) is 65.4 Å². The SMILES string of the molecule is CC(=O)N1C=Cc2ccccc2C1CC(=O)Nc1ccc2c(c1)CCO2. The van der Waals surface area contributed by atoms with E-state index in [-0.39, 0.29) is 24.3 Å². The predicted molar refractivity (Wildman–Crippen MR) is 99.6 cm³/mol. The molecular formula is C21H20N2O3. The zero-order chi connectivity index (χ0) is 18.1. The molecule has 2 aromatic carbocycles. The van der Waals surface area contributed by atoms with Crippen LogP contribution in [0.1, 0.15) is 36.1 Å². The first kappa shape index (κ1) is 16.4. The summed E-state index contributed by atoms with van der Waals surface area (Å²) in [6.45, 7) is 2.20. The number of fused-ring (bicyclic) bond motifs is 2. The summed E-state index contributed by atoms with van der Waals surface area (Å²) in [5.74, 6) is 0.686. The van der Waals surface area contributed by atoms with Gasteiger partial charge in [-0.2, -0.15) is 0 Å². The van der Waals surface area contributed by atoms with Gasteiger partial charge in [-0.3, -0.25) is 9.59 Å². The van der Waals surface area contributed by atoms with Gasteiger partial charge in [0.2, 0.25) is 11.8 Å². The molecule has 26 heavy (non-hydrogen) atoms. The number of nitrogens with zero attached hydrogens (tertiary/aromatic N) is 1. The average molecular weight is 348 g/mol. The molecule has 2 aliphatic heterocycles. The third-order valence-corrected chi connectivity index (χ3v) is 4.82. The molecule has 0 saturated heterocycles. The first-order valence-electron chi connectivity index (χ1n) is 8.73. The largest absolute Gasteiger partial charge is 0.493 e. The molecule has 0 fully saturated rings. The minimum Gasteiger partial charge on any atom is -0.493 e. The lowest BCUT2D eigenvalue weighted by molar-refractivity contribution is -0.129. The normalized spacial score (nSPS) is 17.3. The van der Waals surface area contributed by atoms with E-state index < -0.39 is 0 Å². The summed E-state index contributed by atoms with van der Waals surface area (Å²) < 4.78 is 5.49. The molecule has 1 unspecified atom stereocenters. The molecule has 132 valence electrons. The van der Waals surface area contributed by atoms with Gasteiger partial charge < -0.3 is 15.0 Å². The number of benzene rings is 2. The van der Waals surface area contributed by atoms with Gasteiger partial charge in [0.1, 0.15) is 5.75 Å². The molecule has 0 radical (unpaired) electrons. The summed E-state index contributed by atoms with van der Waals surface area (Å²) in [7, 11) is 0. The molecule has 2 heterocycles.